The minimum atomic E-state index is 0.600. The molecule has 0 aliphatic carbocycles. The minimum absolute atomic E-state index is 0.600. The van der Waals surface area contributed by atoms with Gasteiger partial charge in [0.2, 0.25) is 0 Å². The van der Waals surface area contributed by atoms with E-state index in [2.05, 4.69) is 35.9 Å². The van der Waals surface area contributed by atoms with E-state index in [1.54, 1.807) is 0 Å². The predicted molar refractivity (Wildman–Crippen MR) is 84.3 cm³/mol. The van der Waals surface area contributed by atoms with Crippen molar-refractivity contribution in [2.75, 3.05) is 31.1 Å². The van der Waals surface area contributed by atoms with Crippen molar-refractivity contribution < 1.29 is 0 Å². The predicted octanol–water partition coefficient (Wildman–Crippen LogP) is 3.54. The zero-order valence-electron chi connectivity index (χ0n) is 12.9. The lowest BCUT2D eigenvalue weighted by atomic mass is 10.0. The van der Waals surface area contributed by atoms with E-state index in [1.807, 2.05) is 0 Å². The van der Waals surface area contributed by atoms with Gasteiger partial charge in [0, 0.05) is 25.3 Å². The molecule has 3 heteroatoms. The molecule has 2 saturated heterocycles. The summed E-state index contributed by atoms with van der Waals surface area (Å²) < 4.78 is 0. The molecule has 2 aliphatic rings. The Kier molecular flexibility index (Phi) is 4.25. The molecule has 110 valence electrons. The summed E-state index contributed by atoms with van der Waals surface area (Å²) in [5.41, 5.74) is 2.87. The molecule has 0 amide bonds. The molecule has 0 saturated carbocycles. The van der Waals surface area contributed by atoms with E-state index in [4.69, 9.17) is 4.98 Å². The molecule has 0 aromatic carbocycles. The number of piperidine rings is 1. The van der Waals surface area contributed by atoms with Gasteiger partial charge in [-0.2, -0.15) is 0 Å². The fourth-order valence-electron chi connectivity index (χ4n) is 3.75. The fraction of sp³-hybridized carbons (Fsp3) is 0.706. The molecule has 1 aromatic rings. The SMILES string of the molecule is CCN1CCC[C@@H]1c1cnc(N2CCCCC2)cc1C. The second-order valence-electron chi connectivity index (χ2n) is 6.23. The molecule has 0 spiro atoms. The maximum absolute atomic E-state index is 4.78. The van der Waals surface area contributed by atoms with E-state index in [9.17, 15) is 0 Å². The van der Waals surface area contributed by atoms with E-state index < -0.39 is 0 Å². The Balaban J connectivity index is 1.80. The summed E-state index contributed by atoms with van der Waals surface area (Å²) in [5.74, 6) is 1.19. The Morgan fingerprint density at radius 2 is 1.95 bits per heavy atom. The van der Waals surface area contributed by atoms with Crippen molar-refractivity contribution in [2.24, 2.45) is 0 Å². The number of rotatable bonds is 3. The minimum Gasteiger partial charge on any atom is -0.357 e. The summed E-state index contributed by atoms with van der Waals surface area (Å²) in [5, 5.41) is 0. The molecular weight excluding hydrogens is 246 g/mol. The van der Waals surface area contributed by atoms with E-state index >= 15 is 0 Å². The Morgan fingerprint density at radius 3 is 2.65 bits per heavy atom. The quantitative estimate of drug-likeness (QED) is 0.839. The van der Waals surface area contributed by atoms with Gasteiger partial charge in [0.25, 0.3) is 0 Å². The summed E-state index contributed by atoms with van der Waals surface area (Å²) in [6, 6.07) is 2.91. The molecule has 1 aromatic heterocycles. The Morgan fingerprint density at radius 1 is 1.15 bits per heavy atom. The van der Waals surface area contributed by atoms with E-state index in [0.29, 0.717) is 6.04 Å². The lowest BCUT2D eigenvalue weighted by Gasteiger charge is -2.29. The first kappa shape index (κ1) is 13.9. The molecule has 0 unspecified atom stereocenters. The highest BCUT2D eigenvalue weighted by Crippen LogP contribution is 2.34. The van der Waals surface area contributed by atoms with E-state index in [0.717, 1.165) is 6.54 Å². The first-order chi connectivity index (χ1) is 9.79. The number of hydrogen-bond donors (Lipinski definition) is 0. The number of aryl methyl sites for hydroxylation is 1. The summed E-state index contributed by atoms with van der Waals surface area (Å²) in [4.78, 5) is 9.81. The van der Waals surface area contributed by atoms with Crippen LogP contribution in [0.2, 0.25) is 0 Å². The molecule has 0 bridgehead atoms. The van der Waals surface area contributed by atoms with Crippen LogP contribution in [0.25, 0.3) is 0 Å². The van der Waals surface area contributed by atoms with Crippen LogP contribution < -0.4 is 4.90 Å². The van der Waals surface area contributed by atoms with Crippen LogP contribution >= 0.6 is 0 Å². The normalized spacial score (nSPS) is 24.3. The van der Waals surface area contributed by atoms with E-state index in [-0.39, 0.29) is 0 Å². The van der Waals surface area contributed by atoms with Crippen LogP contribution in [0.5, 0.6) is 0 Å². The topological polar surface area (TPSA) is 19.4 Å². The van der Waals surface area contributed by atoms with Gasteiger partial charge in [-0.1, -0.05) is 6.92 Å². The van der Waals surface area contributed by atoms with Crippen LogP contribution in [0.3, 0.4) is 0 Å². The number of aromatic nitrogens is 1. The van der Waals surface area contributed by atoms with Gasteiger partial charge in [0.05, 0.1) is 0 Å². The average molecular weight is 273 g/mol. The first-order valence-electron chi connectivity index (χ1n) is 8.25. The zero-order valence-corrected chi connectivity index (χ0v) is 12.9. The molecule has 3 nitrogen and oxygen atoms in total. The zero-order chi connectivity index (χ0) is 13.9. The van der Waals surface area contributed by atoms with Crippen LogP contribution in [0.4, 0.5) is 5.82 Å². The maximum atomic E-state index is 4.78. The molecule has 3 heterocycles. The fourth-order valence-corrected chi connectivity index (χ4v) is 3.75. The number of pyridine rings is 1. The van der Waals surface area contributed by atoms with Gasteiger partial charge < -0.3 is 4.90 Å². The third-order valence-electron chi connectivity index (χ3n) is 4.95. The van der Waals surface area contributed by atoms with Crippen molar-refractivity contribution >= 4 is 5.82 Å². The summed E-state index contributed by atoms with van der Waals surface area (Å²) >= 11 is 0. The van der Waals surface area contributed by atoms with Gasteiger partial charge in [-0.3, -0.25) is 4.90 Å². The van der Waals surface area contributed by atoms with Gasteiger partial charge in [-0.25, -0.2) is 4.98 Å². The summed E-state index contributed by atoms with van der Waals surface area (Å²) in [6.45, 7) is 9.28. The lowest BCUT2D eigenvalue weighted by Crippen LogP contribution is -2.30. The summed E-state index contributed by atoms with van der Waals surface area (Å²) in [6.07, 6.45) is 8.77. The highest BCUT2D eigenvalue weighted by molar-refractivity contribution is 5.44. The van der Waals surface area contributed by atoms with Crippen LogP contribution in [0.15, 0.2) is 12.3 Å². The Bertz CT molecular complexity index is 452. The van der Waals surface area contributed by atoms with Crippen LogP contribution in [-0.4, -0.2) is 36.1 Å². The largest absolute Gasteiger partial charge is 0.357 e. The number of likely N-dealkylation sites (tertiary alicyclic amines) is 1. The second-order valence-corrected chi connectivity index (χ2v) is 6.23. The molecule has 1 atom stereocenters. The van der Waals surface area contributed by atoms with Crippen molar-refractivity contribution in [2.45, 2.75) is 52.0 Å². The van der Waals surface area contributed by atoms with Crippen molar-refractivity contribution in [1.82, 2.24) is 9.88 Å². The van der Waals surface area contributed by atoms with Gasteiger partial charge in [-0.05, 0) is 69.3 Å². The number of anilines is 1. The smallest absolute Gasteiger partial charge is 0.128 e. The number of hydrogen-bond acceptors (Lipinski definition) is 3. The van der Waals surface area contributed by atoms with Gasteiger partial charge in [-0.15, -0.1) is 0 Å². The molecule has 20 heavy (non-hydrogen) atoms. The van der Waals surface area contributed by atoms with Crippen molar-refractivity contribution in [1.29, 1.82) is 0 Å². The van der Waals surface area contributed by atoms with Gasteiger partial charge in [0.15, 0.2) is 0 Å². The second kappa shape index (κ2) is 6.13. The molecule has 3 rings (SSSR count). The van der Waals surface area contributed by atoms with Gasteiger partial charge >= 0.3 is 0 Å². The van der Waals surface area contributed by atoms with Crippen molar-refractivity contribution in [3.8, 4) is 0 Å². The monoisotopic (exact) mass is 273 g/mol. The summed E-state index contributed by atoms with van der Waals surface area (Å²) in [7, 11) is 0. The third-order valence-corrected chi connectivity index (χ3v) is 4.95. The number of nitrogens with zero attached hydrogens (tertiary/aromatic N) is 3. The van der Waals surface area contributed by atoms with Crippen molar-refractivity contribution in [3.05, 3.63) is 23.4 Å². The highest BCUT2D eigenvalue weighted by atomic mass is 15.2. The van der Waals surface area contributed by atoms with Crippen molar-refractivity contribution in [3.63, 3.8) is 0 Å². The molecule has 0 radical (unpaired) electrons. The molecule has 2 fully saturated rings. The van der Waals surface area contributed by atoms with E-state index in [1.165, 1.54) is 68.7 Å². The molecule has 2 aliphatic heterocycles. The van der Waals surface area contributed by atoms with Crippen LogP contribution in [0.1, 0.15) is 56.2 Å². The maximum Gasteiger partial charge on any atom is 0.128 e. The molecular formula is C17H27N3. The average Bonchev–Trinajstić information content (AvgIpc) is 2.96. The lowest BCUT2D eigenvalue weighted by molar-refractivity contribution is 0.270. The first-order valence-corrected chi connectivity index (χ1v) is 8.25. The Hall–Kier alpha value is -1.09. The standard InChI is InChI=1S/C17H27N3/c1-3-19-11-7-8-16(19)15-13-18-17(12-14(15)2)20-9-5-4-6-10-20/h12-13,16H,3-11H2,1-2H3/t16-/m1/s1. The third kappa shape index (κ3) is 2.69. The molecule has 0 N–H and O–H groups in total. The van der Waals surface area contributed by atoms with Crippen LogP contribution in [0, 0.1) is 6.92 Å². The van der Waals surface area contributed by atoms with Crippen LogP contribution in [-0.2, 0) is 0 Å². The van der Waals surface area contributed by atoms with Gasteiger partial charge in [0.1, 0.15) is 5.82 Å². The Labute approximate surface area is 123 Å². The highest BCUT2D eigenvalue weighted by Gasteiger charge is 2.26.